The van der Waals surface area contributed by atoms with Gasteiger partial charge in [0.15, 0.2) is 6.61 Å². The average Bonchev–Trinajstić information content (AvgIpc) is 2.45. The predicted octanol–water partition coefficient (Wildman–Crippen LogP) is 4.21. The van der Waals surface area contributed by atoms with E-state index in [2.05, 4.69) is 18.3 Å². The molecule has 1 N–H and O–H groups in total. The molecule has 0 aliphatic heterocycles. The Morgan fingerprint density at radius 2 is 2.00 bits per heavy atom. The Hall–Kier alpha value is -2.00. The number of hydrogen-bond donors (Lipinski definition) is 1. The van der Waals surface area contributed by atoms with Crippen molar-refractivity contribution in [3.63, 3.8) is 0 Å². The first kappa shape index (κ1) is 16.4. The molecule has 0 fully saturated rings. The standard InChI is InChI=1S/C18H20ClNO2/c1-12-7-8-17(13(2)9-12)14(3)20-18(21)11-22-16-6-4-5-15(19)10-16/h4-10,14H,11H2,1-3H3,(H,20,21)/t14-/m0/s1. The quantitative estimate of drug-likeness (QED) is 0.897. The summed E-state index contributed by atoms with van der Waals surface area (Å²) in [5, 5.41) is 3.53. The van der Waals surface area contributed by atoms with Crippen LogP contribution >= 0.6 is 11.6 Å². The van der Waals surface area contributed by atoms with Crippen LogP contribution in [-0.2, 0) is 4.79 Å². The topological polar surface area (TPSA) is 38.3 Å². The van der Waals surface area contributed by atoms with E-state index in [1.165, 1.54) is 11.1 Å². The third-order valence-electron chi connectivity index (χ3n) is 3.44. The number of hydrogen-bond acceptors (Lipinski definition) is 2. The summed E-state index contributed by atoms with van der Waals surface area (Å²) in [5.74, 6) is 0.425. The van der Waals surface area contributed by atoms with Crippen molar-refractivity contribution < 1.29 is 9.53 Å². The maximum Gasteiger partial charge on any atom is 0.258 e. The van der Waals surface area contributed by atoms with Gasteiger partial charge in [-0.2, -0.15) is 0 Å². The number of halogens is 1. The molecule has 0 saturated carbocycles. The summed E-state index contributed by atoms with van der Waals surface area (Å²) in [6.45, 7) is 6.04. The summed E-state index contributed by atoms with van der Waals surface area (Å²) >= 11 is 5.87. The molecule has 2 aromatic rings. The van der Waals surface area contributed by atoms with E-state index in [1.54, 1.807) is 24.3 Å². The van der Waals surface area contributed by atoms with Crippen LogP contribution in [0.4, 0.5) is 0 Å². The Labute approximate surface area is 136 Å². The van der Waals surface area contributed by atoms with Gasteiger partial charge >= 0.3 is 0 Å². The molecule has 1 amide bonds. The molecule has 2 aromatic carbocycles. The van der Waals surface area contributed by atoms with Crippen molar-refractivity contribution in [3.8, 4) is 5.75 Å². The maximum atomic E-state index is 12.0. The third kappa shape index (κ3) is 4.50. The molecular weight excluding hydrogens is 298 g/mol. The average molecular weight is 318 g/mol. The second kappa shape index (κ2) is 7.32. The molecule has 0 spiro atoms. The number of benzene rings is 2. The Morgan fingerprint density at radius 1 is 1.23 bits per heavy atom. The van der Waals surface area contributed by atoms with Crippen LogP contribution in [-0.4, -0.2) is 12.5 Å². The van der Waals surface area contributed by atoms with Crippen LogP contribution in [0.3, 0.4) is 0 Å². The lowest BCUT2D eigenvalue weighted by Crippen LogP contribution is -2.31. The largest absolute Gasteiger partial charge is 0.484 e. The molecule has 0 aromatic heterocycles. The number of aryl methyl sites for hydroxylation is 2. The molecule has 22 heavy (non-hydrogen) atoms. The smallest absolute Gasteiger partial charge is 0.258 e. The molecule has 3 nitrogen and oxygen atoms in total. The number of carbonyl (C=O) groups is 1. The van der Waals surface area contributed by atoms with Crippen LogP contribution in [0.2, 0.25) is 5.02 Å². The molecule has 4 heteroatoms. The minimum Gasteiger partial charge on any atom is -0.484 e. The van der Waals surface area contributed by atoms with E-state index in [4.69, 9.17) is 16.3 Å². The van der Waals surface area contributed by atoms with Crippen LogP contribution in [0, 0.1) is 13.8 Å². The van der Waals surface area contributed by atoms with Gasteiger partial charge in [0.1, 0.15) is 5.75 Å². The molecule has 1 atom stereocenters. The molecule has 0 heterocycles. The fourth-order valence-corrected chi connectivity index (χ4v) is 2.56. The lowest BCUT2D eigenvalue weighted by Gasteiger charge is -2.17. The molecule has 0 bridgehead atoms. The zero-order valence-corrected chi connectivity index (χ0v) is 13.8. The Balaban J connectivity index is 1.91. The Morgan fingerprint density at radius 3 is 2.68 bits per heavy atom. The van der Waals surface area contributed by atoms with Gasteiger partial charge in [0.05, 0.1) is 6.04 Å². The molecule has 0 saturated heterocycles. The highest BCUT2D eigenvalue weighted by molar-refractivity contribution is 6.30. The van der Waals surface area contributed by atoms with E-state index >= 15 is 0 Å². The van der Waals surface area contributed by atoms with Crippen molar-refractivity contribution >= 4 is 17.5 Å². The molecular formula is C18H20ClNO2. The lowest BCUT2D eigenvalue weighted by molar-refractivity contribution is -0.123. The van der Waals surface area contributed by atoms with Gasteiger partial charge in [-0.1, -0.05) is 41.4 Å². The van der Waals surface area contributed by atoms with Crippen LogP contribution in [0.25, 0.3) is 0 Å². The number of nitrogens with one attached hydrogen (secondary N) is 1. The fourth-order valence-electron chi connectivity index (χ4n) is 2.38. The monoisotopic (exact) mass is 317 g/mol. The predicted molar refractivity (Wildman–Crippen MR) is 89.4 cm³/mol. The minimum atomic E-state index is -0.160. The lowest BCUT2D eigenvalue weighted by atomic mass is 10.0. The molecule has 0 aliphatic rings. The number of rotatable bonds is 5. The number of carbonyl (C=O) groups excluding carboxylic acids is 1. The van der Waals surface area contributed by atoms with Gasteiger partial charge in [0.25, 0.3) is 5.91 Å². The van der Waals surface area contributed by atoms with E-state index < -0.39 is 0 Å². The van der Waals surface area contributed by atoms with Crippen molar-refractivity contribution in [2.45, 2.75) is 26.8 Å². The van der Waals surface area contributed by atoms with Crippen molar-refractivity contribution in [2.24, 2.45) is 0 Å². The van der Waals surface area contributed by atoms with Gasteiger partial charge in [-0.05, 0) is 50.1 Å². The van der Waals surface area contributed by atoms with Crippen LogP contribution in [0.1, 0.15) is 29.7 Å². The molecule has 0 unspecified atom stereocenters. The highest BCUT2D eigenvalue weighted by Crippen LogP contribution is 2.19. The summed E-state index contributed by atoms with van der Waals surface area (Å²) in [6, 6.07) is 13.2. The minimum absolute atomic E-state index is 0.0322. The van der Waals surface area contributed by atoms with Gasteiger partial charge < -0.3 is 10.1 Å². The van der Waals surface area contributed by atoms with Crippen molar-refractivity contribution in [1.82, 2.24) is 5.32 Å². The van der Waals surface area contributed by atoms with E-state index in [9.17, 15) is 4.79 Å². The Kier molecular flexibility index (Phi) is 5.45. The zero-order valence-electron chi connectivity index (χ0n) is 13.0. The summed E-state index contributed by atoms with van der Waals surface area (Å²) in [5.41, 5.74) is 3.49. The van der Waals surface area contributed by atoms with Gasteiger partial charge in [-0.25, -0.2) is 0 Å². The van der Waals surface area contributed by atoms with Crippen LogP contribution in [0.5, 0.6) is 5.75 Å². The highest BCUT2D eigenvalue weighted by atomic mass is 35.5. The van der Waals surface area contributed by atoms with Gasteiger partial charge in [-0.15, -0.1) is 0 Å². The van der Waals surface area contributed by atoms with Crippen molar-refractivity contribution in [2.75, 3.05) is 6.61 Å². The second-order valence-electron chi connectivity index (χ2n) is 5.40. The number of ether oxygens (including phenoxy) is 1. The van der Waals surface area contributed by atoms with Crippen molar-refractivity contribution in [3.05, 3.63) is 64.2 Å². The normalized spacial score (nSPS) is 11.8. The maximum absolute atomic E-state index is 12.0. The first-order chi connectivity index (χ1) is 10.5. The first-order valence-corrected chi connectivity index (χ1v) is 7.58. The fraction of sp³-hybridized carbons (Fsp3) is 0.278. The van der Waals surface area contributed by atoms with Gasteiger partial charge in [0.2, 0.25) is 0 Å². The first-order valence-electron chi connectivity index (χ1n) is 7.20. The zero-order chi connectivity index (χ0) is 16.1. The van der Waals surface area contributed by atoms with E-state index in [-0.39, 0.29) is 18.6 Å². The summed E-state index contributed by atoms with van der Waals surface area (Å²) in [7, 11) is 0. The molecule has 2 rings (SSSR count). The molecule has 116 valence electrons. The summed E-state index contributed by atoms with van der Waals surface area (Å²) in [6.07, 6.45) is 0. The van der Waals surface area contributed by atoms with Crippen LogP contribution in [0.15, 0.2) is 42.5 Å². The third-order valence-corrected chi connectivity index (χ3v) is 3.67. The second-order valence-corrected chi connectivity index (χ2v) is 5.83. The summed E-state index contributed by atoms with van der Waals surface area (Å²) in [4.78, 5) is 12.0. The number of amides is 1. The van der Waals surface area contributed by atoms with E-state index in [0.29, 0.717) is 10.8 Å². The van der Waals surface area contributed by atoms with Crippen molar-refractivity contribution in [1.29, 1.82) is 0 Å². The SMILES string of the molecule is Cc1ccc([C@H](C)NC(=O)COc2cccc(Cl)c2)c(C)c1. The summed E-state index contributed by atoms with van der Waals surface area (Å²) < 4.78 is 5.44. The highest BCUT2D eigenvalue weighted by Gasteiger charge is 2.12. The van der Waals surface area contributed by atoms with E-state index in [0.717, 1.165) is 5.56 Å². The Bertz CT molecular complexity index is 670. The molecule has 0 radical (unpaired) electrons. The van der Waals surface area contributed by atoms with Crippen LogP contribution < -0.4 is 10.1 Å². The van der Waals surface area contributed by atoms with Gasteiger partial charge in [0, 0.05) is 5.02 Å². The van der Waals surface area contributed by atoms with E-state index in [1.807, 2.05) is 26.0 Å². The van der Waals surface area contributed by atoms with Gasteiger partial charge in [-0.3, -0.25) is 4.79 Å². The molecule has 0 aliphatic carbocycles.